The van der Waals surface area contributed by atoms with Crippen molar-refractivity contribution in [2.45, 2.75) is 25.4 Å². The lowest BCUT2D eigenvalue weighted by Crippen LogP contribution is -2.40. The third kappa shape index (κ3) is 3.12. The largest absolute Gasteiger partial charge is 0.497 e. The quantitative estimate of drug-likeness (QED) is 0.938. The maximum Gasteiger partial charge on any atom is 0.119 e. The molecule has 2 aliphatic heterocycles. The normalized spacial score (nSPS) is 24.6. The van der Waals surface area contributed by atoms with Gasteiger partial charge in [-0.15, -0.1) is 0 Å². The molecule has 0 radical (unpaired) electrons. The van der Waals surface area contributed by atoms with Crippen LogP contribution in [-0.2, 0) is 6.54 Å². The summed E-state index contributed by atoms with van der Waals surface area (Å²) >= 11 is 0. The lowest BCUT2D eigenvalue weighted by molar-refractivity contribution is 0.312. The molecule has 0 spiro atoms. The molecule has 0 saturated carbocycles. The van der Waals surface area contributed by atoms with Crippen LogP contribution in [0.1, 0.15) is 18.4 Å². The molecule has 3 heterocycles. The van der Waals surface area contributed by atoms with Crippen LogP contribution in [0.15, 0.2) is 36.7 Å². The van der Waals surface area contributed by atoms with Crippen molar-refractivity contribution in [3.05, 3.63) is 42.2 Å². The predicted molar refractivity (Wildman–Crippen MR) is 89.9 cm³/mol. The Morgan fingerprint density at radius 2 is 2.13 bits per heavy atom. The Kier molecular flexibility index (Phi) is 4.06. The van der Waals surface area contributed by atoms with Crippen molar-refractivity contribution in [1.29, 1.82) is 0 Å². The zero-order chi connectivity index (χ0) is 15.6. The van der Waals surface area contributed by atoms with E-state index in [1.807, 2.05) is 35.1 Å². The van der Waals surface area contributed by atoms with Crippen LogP contribution in [0, 0.1) is 5.92 Å². The third-order valence-corrected chi connectivity index (χ3v) is 5.05. The van der Waals surface area contributed by atoms with Gasteiger partial charge >= 0.3 is 0 Å². The first-order valence-electron chi connectivity index (χ1n) is 8.45. The molecule has 2 fully saturated rings. The van der Waals surface area contributed by atoms with Crippen LogP contribution in [0.5, 0.6) is 5.75 Å². The van der Waals surface area contributed by atoms with Gasteiger partial charge in [0.15, 0.2) is 0 Å². The van der Waals surface area contributed by atoms with Crippen LogP contribution in [-0.4, -0.2) is 47.5 Å². The molecule has 2 saturated heterocycles. The zero-order valence-corrected chi connectivity index (χ0v) is 13.6. The van der Waals surface area contributed by atoms with E-state index in [4.69, 9.17) is 4.74 Å². The summed E-state index contributed by atoms with van der Waals surface area (Å²) in [6.07, 6.45) is 6.82. The van der Waals surface area contributed by atoms with E-state index in [1.54, 1.807) is 7.11 Å². The maximum absolute atomic E-state index is 5.20. The molecule has 1 N–H and O–H groups in total. The van der Waals surface area contributed by atoms with Crippen LogP contribution < -0.4 is 10.1 Å². The minimum absolute atomic E-state index is 0.695. The van der Waals surface area contributed by atoms with Gasteiger partial charge < -0.3 is 10.1 Å². The summed E-state index contributed by atoms with van der Waals surface area (Å²) in [6, 6.07) is 8.69. The molecule has 0 amide bonds. The van der Waals surface area contributed by atoms with Gasteiger partial charge in [-0.1, -0.05) is 0 Å². The van der Waals surface area contributed by atoms with Crippen molar-refractivity contribution in [3.63, 3.8) is 0 Å². The summed E-state index contributed by atoms with van der Waals surface area (Å²) < 4.78 is 7.14. The summed E-state index contributed by atoms with van der Waals surface area (Å²) in [5.41, 5.74) is 2.34. The van der Waals surface area contributed by atoms with Crippen molar-refractivity contribution >= 4 is 0 Å². The number of likely N-dealkylation sites (tertiary alicyclic amines) is 1. The molecule has 4 rings (SSSR count). The minimum atomic E-state index is 0.695. The van der Waals surface area contributed by atoms with E-state index >= 15 is 0 Å². The number of hydrogen-bond acceptors (Lipinski definition) is 4. The fourth-order valence-corrected chi connectivity index (χ4v) is 3.84. The number of rotatable bonds is 4. The van der Waals surface area contributed by atoms with Gasteiger partial charge in [-0.3, -0.25) is 4.90 Å². The molecule has 23 heavy (non-hydrogen) atoms. The standard InChI is InChI=1S/C18H24N4O/c1-23-17-6-4-16(5-7-17)22-11-14(9-20-22)10-21-12-15-3-2-8-19-18(15)13-21/h4-7,9,11,15,18-19H,2-3,8,10,12-13H2,1H3/t15-,18+/m0/s1. The highest BCUT2D eigenvalue weighted by atomic mass is 16.5. The van der Waals surface area contributed by atoms with Crippen molar-refractivity contribution in [3.8, 4) is 11.4 Å². The summed E-state index contributed by atoms with van der Waals surface area (Å²) in [5.74, 6) is 1.70. The number of fused-ring (bicyclic) bond motifs is 1. The number of benzene rings is 1. The molecule has 5 nitrogen and oxygen atoms in total. The van der Waals surface area contributed by atoms with Crippen molar-refractivity contribution in [1.82, 2.24) is 20.0 Å². The highest BCUT2D eigenvalue weighted by molar-refractivity contribution is 5.37. The monoisotopic (exact) mass is 312 g/mol. The van der Waals surface area contributed by atoms with E-state index in [1.165, 1.54) is 38.0 Å². The minimum Gasteiger partial charge on any atom is -0.497 e. The topological polar surface area (TPSA) is 42.3 Å². The second-order valence-electron chi connectivity index (χ2n) is 6.65. The average molecular weight is 312 g/mol. The van der Waals surface area contributed by atoms with Crippen molar-refractivity contribution in [2.24, 2.45) is 5.92 Å². The molecule has 1 aromatic heterocycles. The lowest BCUT2D eigenvalue weighted by atomic mass is 9.94. The Bertz CT molecular complexity index is 637. The zero-order valence-electron chi connectivity index (χ0n) is 13.6. The third-order valence-electron chi connectivity index (χ3n) is 5.05. The number of aromatic nitrogens is 2. The fourth-order valence-electron chi connectivity index (χ4n) is 3.84. The van der Waals surface area contributed by atoms with Crippen molar-refractivity contribution < 1.29 is 4.74 Å². The number of methoxy groups -OCH3 is 1. The Balaban J connectivity index is 1.41. The van der Waals surface area contributed by atoms with E-state index in [0.29, 0.717) is 6.04 Å². The highest BCUT2D eigenvalue weighted by Gasteiger charge is 2.33. The molecule has 2 aromatic rings. The fraction of sp³-hybridized carbons (Fsp3) is 0.500. The van der Waals surface area contributed by atoms with Gasteiger partial charge in [0.2, 0.25) is 0 Å². The number of nitrogens with one attached hydrogen (secondary N) is 1. The molecule has 0 bridgehead atoms. The first-order valence-corrected chi connectivity index (χ1v) is 8.45. The van der Waals surface area contributed by atoms with Crippen LogP contribution in [0.2, 0.25) is 0 Å². The second kappa shape index (κ2) is 6.34. The van der Waals surface area contributed by atoms with Gasteiger partial charge in [-0.2, -0.15) is 5.10 Å². The van der Waals surface area contributed by atoms with Gasteiger partial charge in [0.05, 0.1) is 19.0 Å². The Morgan fingerprint density at radius 1 is 1.26 bits per heavy atom. The van der Waals surface area contributed by atoms with Crippen LogP contribution >= 0.6 is 0 Å². The summed E-state index contributed by atoms with van der Waals surface area (Å²) in [5, 5.41) is 8.17. The SMILES string of the molecule is COc1ccc(-n2cc(CN3C[C@@H]4CCCN[C@@H]4C3)cn2)cc1. The Morgan fingerprint density at radius 3 is 2.91 bits per heavy atom. The molecule has 0 aliphatic carbocycles. The van der Waals surface area contributed by atoms with Crippen LogP contribution in [0.4, 0.5) is 0 Å². The first-order chi connectivity index (χ1) is 11.3. The highest BCUT2D eigenvalue weighted by Crippen LogP contribution is 2.26. The van der Waals surface area contributed by atoms with E-state index in [0.717, 1.165) is 23.9 Å². The Labute approximate surface area is 137 Å². The van der Waals surface area contributed by atoms with E-state index in [9.17, 15) is 0 Å². The van der Waals surface area contributed by atoms with Gasteiger partial charge in [0.1, 0.15) is 5.75 Å². The molecule has 5 heteroatoms. The summed E-state index contributed by atoms with van der Waals surface area (Å²) in [6.45, 7) is 4.55. The van der Waals surface area contributed by atoms with E-state index in [2.05, 4.69) is 21.5 Å². The molecular formula is C18H24N4O. The molecule has 0 unspecified atom stereocenters. The first kappa shape index (κ1) is 14.7. The van der Waals surface area contributed by atoms with E-state index < -0.39 is 0 Å². The molecule has 1 aromatic carbocycles. The number of ether oxygens (including phenoxy) is 1. The summed E-state index contributed by atoms with van der Waals surface area (Å²) in [7, 11) is 1.68. The molecule has 122 valence electrons. The van der Waals surface area contributed by atoms with Crippen molar-refractivity contribution in [2.75, 3.05) is 26.7 Å². The number of piperidine rings is 1. The maximum atomic E-state index is 5.20. The van der Waals surface area contributed by atoms with Crippen LogP contribution in [0.25, 0.3) is 5.69 Å². The Hall–Kier alpha value is -1.85. The smallest absolute Gasteiger partial charge is 0.119 e. The predicted octanol–water partition coefficient (Wildman–Crippen LogP) is 2.06. The number of nitrogens with zero attached hydrogens (tertiary/aromatic N) is 3. The van der Waals surface area contributed by atoms with E-state index in [-0.39, 0.29) is 0 Å². The molecule has 2 aliphatic rings. The molecular weight excluding hydrogens is 288 g/mol. The van der Waals surface area contributed by atoms with Gasteiger partial charge in [0, 0.05) is 37.4 Å². The van der Waals surface area contributed by atoms with Gasteiger partial charge in [-0.25, -0.2) is 4.68 Å². The second-order valence-corrected chi connectivity index (χ2v) is 6.65. The van der Waals surface area contributed by atoms with Gasteiger partial charge in [-0.05, 0) is 49.6 Å². The average Bonchev–Trinajstić information content (AvgIpc) is 3.21. The van der Waals surface area contributed by atoms with Crippen LogP contribution in [0.3, 0.4) is 0 Å². The number of hydrogen-bond donors (Lipinski definition) is 1. The van der Waals surface area contributed by atoms with Gasteiger partial charge in [0.25, 0.3) is 0 Å². The summed E-state index contributed by atoms with van der Waals surface area (Å²) in [4.78, 5) is 2.56. The molecule has 2 atom stereocenters. The lowest BCUT2D eigenvalue weighted by Gasteiger charge is -2.24.